The average Bonchev–Trinajstić information content (AvgIpc) is 3.13. The van der Waals surface area contributed by atoms with Gasteiger partial charge in [-0.15, -0.1) is 0 Å². The van der Waals surface area contributed by atoms with Crippen molar-refractivity contribution in [3.05, 3.63) is 131 Å². The Balaban J connectivity index is 1.13. The number of nitrogens with one attached hydrogen (secondary N) is 2. The van der Waals surface area contributed by atoms with Crippen molar-refractivity contribution in [2.45, 2.75) is 76.7 Å². The number of para-hydroxylation sites is 2. The van der Waals surface area contributed by atoms with Crippen LogP contribution < -0.4 is 16.4 Å². The van der Waals surface area contributed by atoms with Crippen molar-refractivity contribution >= 4 is 23.2 Å². The Hall–Kier alpha value is -4.54. The molecule has 0 radical (unpaired) electrons. The van der Waals surface area contributed by atoms with Gasteiger partial charge in [-0.1, -0.05) is 91.0 Å². The maximum Gasteiger partial charge on any atom is 0.224 e. The van der Waals surface area contributed by atoms with Crippen LogP contribution in [0.4, 0.5) is 11.4 Å². The highest BCUT2D eigenvalue weighted by molar-refractivity contribution is 5.93. The van der Waals surface area contributed by atoms with E-state index in [1.54, 1.807) is 12.1 Å². The summed E-state index contributed by atoms with van der Waals surface area (Å²) in [5.74, 6) is -0.169. The summed E-state index contributed by atoms with van der Waals surface area (Å²) in [6.45, 7) is 3.35. The molecule has 0 aromatic heterocycles. The lowest BCUT2D eigenvalue weighted by molar-refractivity contribution is -0.253. The number of nitrogen functional groups attached to an aromatic ring is 1. The fraction of sp³-hybridized carbons (Fsp3) is 0.350. The molecule has 9 nitrogen and oxygen atoms in total. The molecule has 0 spiro atoms. The molecule has 4 aromatic rings. The Kier molecular flexibility index (Phi) is 12.9. The van der Waals surface area contributed by atoms with Crippen molar-refractivity contribution < 1.29 is 24.2 Å². The number of ether oxygens (including phenoxy) is 2. The summed E-state index contributed by atoms with van der Waals surface area (Å²) in [5.41, 5.74) is 12.1. The topological polar surface area (TPSA) is 126 Å². The van der Waals surface area contributed by atoms with E-state index in [1.807, 2.05) is 66.7 Å². The minimum Gasteiger partial charge on any atom is -0.397 e. The number of rotatable bonds is 15. The molecule has 4 aromatic carbocycles. The Morgan fingerprint density at radius 2 is 1.47 bits per heavy atom. The quantitative estimate of drug-likeness (QED) is 0.0812. The zero-order valence-electron chi connectivity index (χ0n) is 28.4. The molecule has 0 saturated carbocycles. The molecule has 1 heterocycles. The van der Waals surface area contributed by atoms with E-state index >= 15 is 0 Å². The van der Waals surface area contributed by atoms with Gasteiger partial charge in [0, 0.05) is 44.0 Å². The van der Waals surface area contributed by atoms with Gasteiger partial charge in [-0.05, 0) is 61.2 Å². The molecule has 9 heteroatoms. The maximum atomic E-state index is 12.5. The van der Waals surface area contributed by atoms with Gasteiger partial charge in [0.15, 0.2) is 6.29 Å². The van der Waals surface area contributed by atoms with Crippen LogP contribution in [0.5, 0.6) is 0 Å². The van der Waals surface area contributed by atoms with Gasteiger partial charge in [-0.2, -0.15) is 0 Å². The number of benzene rings is 4. The molecular formula is C40H48N4O5. The second kappa shape index (κ2) is 17.7. The van der Waals surface area contributed by atoms with Crippen LogP contribution in [-0.2, 0) is 32.2 Å². The summed E-state index contributed by atoms with van der Waals surface area (Å²) < 4.78 is 13.1. The summed E-state index contributed by atoms with van der Waals surface area (Å²) >= 11 is 0. The van der Waals surface area contributed by atoms with Crippen molar-refractivity contribution in [1.82, 2.24) is 10.2 Å². The standard InChI is InChI=1S/C40H48N4O5/c1-28(31-10-4-3-5-11-31)44(2)26-34-24-37(32-20-18-30(27-45)19-21-32)49-40(48-34)33-22-16-29(17-23-33)25-42-38(46)14-8-9-15-39(47)43-36-13-7-6-12-35(36)41/h3-7,10-13,16-23,28,34,37,40,45H,8-9,14-15,24-27,41H2,1-2H3,(H,42,46)(H,43,47). The first kappa shape index (κ1) is 35.8. The molecule has 0 bridgehead atoms. The third-order valence-electron chi connectivity index (χ3n) is 9.08. The second-order valence-electron chi connectivity index (χ2n) is 12.7. The van der Waals surface area contributed by atoms with Crippen LogP contribution in [0.15, 0.2) is 103 Å². The normalized spacial score (nSPS) is 18.2. The molecule has 4 unspecified atom stereocenters. The first-order chi connectivity index (χ1) is 23.8. The molecule has 5 N–H and O–H groups in total. The Morgan fingerprint density at radius 3 is 2.16 bits per heavy atom. The van der Waals surface area contributed by atoms with Crippen LogP contribution in [0.1, 0.15) is 85.3 Å². The van der Waals surface area contributed by atoms with E-state index in [0.29, 0.717) is 50.0 Å². The van der Waals surface area contributed by atoms with Gasteiger partial charge in [-0.25, -0.2) is 0 Å². The van der Waals surface area contributed by atoms with Crippen molar-refractivity contribution in [2.24, 2.45) is 0 Å². The van der Waals surface area contributed by atoms with Crippen molar-refractivity contribution in [1.29, 1.82) is 0 Å². The first-order valence-electron chi connectivity index (χ1n) is 17.0. The Labute approximate surface area is 289 Å². The maximum absolute atomic E-state index is 12.5. The molecule has 1 aliphatic heterocycles. The predicted molar refractivity (Wildman–Crippen MR) is 192 cm³/mol. The van der Waals surface area contributed by atoms with Crippen LogP contribution in [0.2, 0.25) is 0 Å². The number of hydrogen-bond donors (Lipinski definition) is 4. The number of nitrogens with two attached hydrogens (primary N) is 1. The number of unbranched alkanes of at least 4 members (excludes halogenated alkanes) is 1. The molecule has 5 rings (SSSR count). The van der Waals surface area contributed by atoms with Gasteiger partial charge < -0.3 is 30.9 Å². The predicted octanol–water partition coefficient (Wildman–Crippen LogP) is 6.81. The largest absolute Gasteiger partial charge is 0.397 e. The molecule has 258 valence electrons. The summed E-state index contributed by atoms with van der Waals surface area (Å²) in [6, 6.07) is 33.7. The summed E-state index contributed by atoms with van der Waals surface area (Å²) in [4.78, 5) is 27.0. The van der Waals surface area contributed by atoms with Crippen LogP contribution >= 0.6 is 0 Å². The number of nitrogens with zero attached hydrogens (tertiary/aromatic N) is 1. The van der Waals surface area contributed by atoms with E-state index in [0.717, 1.165) is 28.8 Å². The number of aliphatic hydroxyl groups is 1. The monoisotopic (exact) mass is 664 g/mol. The lowest BCUT2D eigenvalue weighted by atomic mass is 9.99. The van der Waals surface area contributed by atoms with Crippen LogP contribution in [0.3, 0.4) is 0 Å². The third kappa shape index (κ3) is 10.5. The first-order valence-corrected chi connectivity index (χ1v) is 17.0. The fourth-order valence-corrected chi connectivity index (χ4v) is 5.97. The van der Waals surface area contributed by atoms with E-state index in [1.165, 1.54) is 5.56 Å². The van der Waals surface area contributed by atoms with Gasteiger partial charge in [-0.3, -0.25) is 14.5 Å². The fourth-order valence-electron chi connectivity index (χ4n) is 5.97. The number of carbonyl (C=O) groups excluding carboxylic acids is 2. The highest BCUT2D eigenvalue weighted by Crippen LogP contribution is 2.38. The average molecular weight is 665 g/mol. The van der Waals surface area contributed by atoms with Gasteiger partial charge in [0.25, 0.3) is 0 Å². The lowest BCUT2D eigenvalue weighted by Crippen LogP contribution is -2.38. The van der Waals surface area contributed by atoms with Gasteiger partial charge in [0.2, 0.25) is 11.8 Å². The van der Waals surface area contributed by atoms with E-state index in [2.05, 4.69) is 53.8 Å². The van der Waals surface area contributed by atoms with E-state index in [9.17, 15) is 14.7 Å². The van der Waals surface area contributed by atoms with E-state index in [4.69, 9.17) is 15.2 Å². The molecule has 1 saturated heterocycles. The lowest BCUT2D eigenvalue weighted by Gasteiger charge is -2.39. The highest BCUT2D eigenvalue weighted by atomic mass is 16.7. The zero-order valence-corrected chi connectivity index (χ0v) is 28.4. The summed E-state index contributed by atoms with van der Waals surface area (Å²) in [7, 11) is 2.12. The third-order valence-corrected chi connectivity index (χ3v) is 9.08. The van der Waals surface area contributed by atoms with Crippen molar-refractivity contribution in [2.75, 3.05) is 24.6 Å². The van der Waals surface area contributed by atoms with Crippen LogP contribution in [-0.4, -0.2) is 41.5 Å². The van der Waals surface area contributed by atoms with Crippen molar-refractivity contribution in [3.8, 4) is 0 Å². The molecule has 2 amide bonds. The molecule has 1 aliphatic rings. The smallest absolute Gasteiger partial charge is 0.224 e. The minimum absolute atomic E-state index is 0.000684. The molecule has 49 heavy (non-hydrogen) atoms. The molecule has 0 aliphatic carbocycles. The Morgan fingerprint density at radius 1 is 0.837 bits per heavy atom. The van der Waals surface area contributed by atoms with Gasteiger partial charge >= 0.3 is 0 Å². The number of amides is 2. The highest BCUT2D eigenvalue weighted by Gasteiger charge is 2.33. The number of likely N-dealkylation sites (N-methyl/N-ethyl adjacent to an activating group) is 1. The molecular weight excluding hydrogens is 616 g/mol. The van der Waals surface area contributed by atoms with Gasteiger partial charge in [0.05, 0.1) is 30.2 Å². The van der Waals surface area contributed by atoms with Crippen LogP contribution in [0.25, 0.3) is 0 Å². The minimum atomic E-state index is -0.555. The van der Waals surface area contributed by atoms with E-state index in [-0.39, 0.29) is 36.7 Å². The van der Waals surface area contributed by atoms with Crippen molar-refractivity contribution in [3.63, 3.8) is 0 Å². The number of anilines is 2. The molecule has 1 fully saturated rings. The second-order valence-corrected chi connectivity index (χ2v) is 12.7. The zero-order chi connectivity index (χ0) is 34.6. The number of carbonyl (C=O) groups is 2. The van der Waals surface area contributed by atoms with Crippen LogP contribution in [0, 0.1) is 0 Å². The van der Waals surface area contributed by atoms with E-state index < -0.39 is 6.29 Å². The number of hydrogen-bond acceptors (Lipinski definition) is 7. The molecule has 4 atom stereocenters. The SMILES string of the molecule is CC(c1ccccc1)N(C)CC1CC(c2ccc(CO)cc2)OC(c2ccc(CNC(=O)CCCCC(=O)Nc3ccccc3N)cc2)O1. The summed E-state index contributed by atoms with van der Waals surface area (Å²) in [6.07, 6.45) is 1.81. The Bertz CT molecular complexity index is 1630. The van der Waals surface area contributed by atoms with Gasteiger partial charge in [0.1, 0.15) is 0 Å². The number of aliphatic hydroxyl groups excluding tert-OH is 1. The summed E-state index contributed by atoms with van der Waals surface area (Å²) in [5, 5.41) is 15.3.